The van der Waals surface area contributed by atoms with Crippen LogP contribution in [0.1, 0.15) is 99.5 Å². The summed E-state index contributed by atoms with van der Waals surface area (Å²) in [5.74, 6) is -1.20. The van der Waals surface area contributed by atoms with Gasteiger partial charge in [0, 0.05) is 55.3 Å². The Morgan fingerprint density at radius 1 is 1.02 bits per heavy atom. The molecule has 0 amide bonds. The highest BCUT2D eigenvalue weighted by Gasteiger charge is 2.38. The summed E-state index contributed by atoms with van der Waals surface area (Å²) in [7, 11) is 0. The van der Waals surface area contributed by atoms with Gasteiger partial charge >= 0.3 is 5.97 Å². The fourth-order valence-electron chi connectivity index (χ4n) is 7.01. The van der Waals surface area contributed by atoms with E-state index in [1.165, 1.54) is 5.56 Å². The van der Waals surface area contributed by atoms with Gasteiger partial charge in [-0.05, 0) is 115 Å². The zero-order chi connectivity index (χ0) is 33.9. The number of rotatable bonds is 5. The molecule has 1 aromatic heterocycles. The molecule has 254 valence electrons. The Balaban J connectivity index is 1.59. The molecule has 4 aliphatic heterocycles. The van der Waals surface area contributed by atoms with Crippen LogP contribution in [0.25, 0.3) is 11.1 Å². The van der Waals surface area contributed by atoms with Crippen LogP contribution in [0.3, 0.4) is 0 Å². The van der Waals surface area contributed by atoms with Gasteiger partial charge in [-0.25, -0.2) is 9.18 Å². The Hall–Kier alpha value is -3.33. The SMILES string of the molecule is Cc1cc(CN2CCCCCOC3(C)CCN(CC3)c3c(c(C)nc(C)c3C(OC(C)(C)C)C(=O)O)-c3ccc(cc3)C2)ccc1F. The molecular weight excluding hydrogens is 593 g/mol. The van der Waals surface area contributed by atoms with E-state index in [1.54, 1.807) is 6.07 Å². The summed E-state index contributed by atoms with van der Waals surface area (Å²) in [5, 5.41) is 10.5. The predicted octanol–water partition coefficient (Wildman–Crippen LogP) is 8.32. The van der Waals surface area contributed by atoms with Crippen molar-refractivity contribution in [1.82, 2.24) is 9.88 Å². The zero-order valence-electron chi connectivity index (χ0n) is 29.3. The van der Waals surface area contributed by atoms with Crippen LogP contribution in [-0.2, 0) is 27.4 Å². The average molecular weight is 646 g/mol. The number of benzene rings is 2. The van der Waals surface area contributed by atoms with Crippen LogP contribution in [0.5, 0.6) is 0 Å². The minimum atomic E-state index is -1.16. The number of pyridine rings is 1. The van der Waals surface area contributed by atoms with Crippen molar-refractivity contribution in [2.75, 3.05) is 31.1 Å². The van der Waals surface area contributed by atoms with E-state index < -0.39 is 17.7 Å². The number of carboxylic acid groups (broad SMARTS) is 1. The molecule has 1 saturated heterocycles. The van der Waals surface area contributed by atoms with Crippen LogP contribution < -0.4 is 4.90 Å². The molecule has 5 heterocycles. The third-order valence-electron chi connectivity index (χ3n) is 9.52. The number of fused-ring (bicyclic) bond motifs is 2. The first-order chi connectivity index (χ1) is 22.2. The summed E-state index contributed by atoms with van der Waals surface area (Å²) in [6.45, 7) is 18.3. The molecule has 0 radical (unpaired) electrons. The van der Waals surface area contributed by atoms with Gasteiger partial charge in [0.05, 0.1) is 16.9 Å². The molecule has 0 saturated carbocycles. The minimum Gasteiger partial charge on any atom is -0.479 e. The van der Waals surface area contributed by atoms with Crippen molar-refractivity contribution in [3.8, 4) is 11.1 Å². The summed E-state index contributed by atoms with van der Waals surface area (Å²) in [4.78, 5) is 22.6. The minimum absolute atomic E-state index is 0.175. The van der Waals surface area contributed by atoms with Crippen molar-refractivity contribution < 1.29 is 23.8 Å². The number of anilines is 1. The molecule has 1 unspecified atom stereocenters. The molecule has 4 aliphatic rings. The number of carbonyl (C=O) groups is 1. The highest BCUT2D eigenvalue weighted by Crippen LogP contribution is 2.44. The summed E-state index contributed by atoms with van der Waals surface area (Å²) in [6.07, 6.45) is 3.66. The molecule has 2 aromatic carbocycles. The van der Waals surface area contributed by atoms with E-state index in [0.717, 1.165) is 99.5 Å². The molecule has 0 spiro atoms. The van der Waals surface area contributed by atoms with Gasteiger partial charge in [-0.3, -0.25) is 9.88 Å². The maximum Gasteiger partial charge on any atom is 0.337 e. The van der Waals surface area contributed by atoms with Crippen LogP contribution in [0.2, 0.25) is 0 Å². The van der Waals surface area contributed by atoms with Crippen LogP contribution in [0.15, 0.2) is 42.5 Å². The van der Waals surface area contributed by atoms with E-state index in [1.807, 2.05) is 53.7 Å². The lowest BCUT2D eigenvalue weighted by molar-refractivity contribution is -0.160. The number of hydrogen-bond acceptors (Lipinski definition) is 6. The second-order valence-corrected chi connectivity index (χ2v) is 14.7. The molecule has 1 atom stereocenters. The lowest BCUT2D eigenvalue weighted by Crippen LogP contribution is -2.45. The standard InChI is InChI=1S/C39H52FN3O4/c1-26-23-30(13-16-32(26)40)25-42-19-9-8-10-22-46-39(7)17-20-43(21-18-39)35-33(31-14-11-29(24-42)12-15-31)27(2)41-28(3)34(35)36(37(44)45)47-38(4,5)6/h11-16,23,36H,8-10,17-22,24-25H2,1-7H3,(H,44,45). The van der Waals surface area contributed by atoms with Gasteiger partial charge in [0.1, 0.15) is 5.82 Å². The lowest BCUT2D eigenvalue weighted by atomic mass is 9.89. The molecule has 47 heavy (non-hydrogen) atoms. The van der Waals surface area contributed by atoms with E-state index in [4.69, 9.17) is 14.5 Å². The maximum absolute atomic E-state index is 14.0. The third kappa shape index (κ3) is 8.59. The molecule has 4 bridgehead atoms. The first-order valence-corrected chi connectivity index (χ1v) is 17.1. The average Bonchev–Trinajstić information content (AvgIpc) is 2.99. The van der Waals surface area contributed by atoms with Crippen molar-refractivity contribution >= 4 is 11.7 Å². The summed E-state index contributed by atoms with van der Waals surface area (Å²) in [5.41, 5.74) is 7.06. The summed E-state index contributed by atoms with van der Waals surface area (Å²) < 4.78 is 26.8. The van der Waals surface area contributed by atoms with Gasteiger partial charge in [0.25, 0.3) is 0 Å². The van der Waals surface area contributed by atoms with Crippen molar-refractivity contribution in [2.24, 2.45) is 0 Å². The molecule has 1 N–H and O–H groups in total. The highest BCUT2D eigenvalue weighted by atomic mass is 19.1. The number of carboxylic acids is 1. The van der Waals surface area contributed by atoms with E-state index in [0.29, 0.717) is 16.8 Å². The Morgan fingerprint density at radius 2 is 1.72 bits per heavy atom. The van der Waals surface area contributed by atoms with Crippen molar-refractivity contribution in [3.63, 3.8) is 0 Å². The topological polar surface area (TPSA) is 75.1 Å². The fraction of sp³-hybridized carbons (Fsp3) is 0.538. The smallest absolute Gasteiger partial charge is 0.337 e. The van der Waals surface area contributed by atoms with Gasteiger partial charge in [-0.2, -0.15) is 0 Å². The third-order valence-corrected chi connectivity index (χ3v) is 9.52. The zero-order valence-corrected chi connectivity index (χ0v) is 29.3. The first kappa shape index (κ1) is 35.0. The second kappa shape index (κ2) is 14.4. The normalized spacial score (nSPS) is 18.4. The fourth-order valence-corrected chi connectivity index (χ4v) is 7.01. The van der Waals surface area contributed by atoms with Crippen LogP contribution >= 0.6 is 0 Å². The number of piperidine rings is 1. The summed E-state index contributed by atoms with van der Waals surface area (Å²) in [6, 6.07) is 14.0. The molecule has 1 fully saturated rings. The Bertz CT molecular complexity index is 1560. The van der Waals surface area contributed by atoms with Gasteiger partial charge in [-0.1, -0.05) is 36.4 Å². The van der Waals surface area contributed by atoms with Crippen LogP contribution in [-0.4, -0.2) is 58.4 Å². The van der Waals surface area contributed by atoms with Crippen molar-refractivity contribution in [3.05, 3.63) is 81.9 Å². The predicted molar refractivity (Wildman–Crippen MR) is 185 cm³/mol. The lowest BCUT2D eigenvalue weighted by Gasteiger charge is -2.42. The number of ether oxygens (including phenoxy) is 2. The number of nitrogens with zero attached hydrogens (tertiary/aromatic N) is 3. The van der Waals surface area contributed by atoms with Gasteiger partial charge in [0.15, 0.2) is 6.10 Å². The molecule has 8 heteroatoms. The molecule has 0 aliphatic carbocycles. The Kier molecular flexibility index (Phi) is 10.7. The van der Waals surface area contributed by atoms with Gasteiger partial charge in [-0.15, -0.1) is 0 Å². The van der Waals surface area contributed by atoms with E-state index in [2.05, 4.69) is 41.0 Å². The number of halogens is 1. The number of aromatic nitrogens is 1. The summed E-state index contributed by atoms with van der Waals surface area (Å²) >= 11 is 0. The molecule has 7 rings (SSSR count). The van der Waals surface area contributed by atoms with Gasteiger partial charge < -0.3 is 19.5 Å². The molecular formula is C39H52FN3O4. The number of aliphatic carboxylic acids is 1. The van der Waals surface area contributed by atoms with E-state index >= 15 is 0 Å². The largest absolute Gasteiger partial charge is 0.479 e. The second-order valence-electron chi connectivity index (χ2n) is 14.7. The monoisotopic (exact) mass is 645 g/mol. The number of aryl methyl sites for hydroxylation is 3. The van der Waals surface area contributed by atoms with Crippen LogP contribution in [0, 0.1) is 26.6 Å². The Labute approximate surface area is 280 Å². The highest BCUT2D eigenvalue weighted by molar-refractivity contribution is 5.88. The maximum atomic E-state index is 14.0. The van der Waals surface area contributed by atoms with E-state index in [9.17, 15) is 14.3 Å². The number of hydrogen-bond donors (Lipinski definition) is 1. The van der Waals surface area contributed by atoms with Crippen molar-refractivity contribution in [2.45, 2.75) is 111 Å². The quantitative estimate of drug-likeness (QED) is 0.299. The molecule has 7 nitrogen and oxygen atoms in total. The van der Waals surface area contributed by atoms with Crippen molar-refractivity contribution in [1.29, 1.82) is 0 Å². The van der Waals surface area contributed by atoms with Gasteiger partial charge in [0.2, 0.25) is 0 Å². The molecule has 3 aromatic rings. The Morgan fingerprint density at radius 3 is 2.36 bits per heavy atom. The van der Waals surface area contributed by atoms with Crippen LogP contribution in [0.4, 0.5) is 10.1 Å². The van der Waals surface area contributed by atoms with E-state index in [-0.39, 0.29) is 11.4 Å². The first-order valence-electron chi connectivity index (χ1n) is 17.1.